The van der Waals surface area contributed by atoms with Gasteiger partial charge in [0, 0.05) is 25.7 Å². The number of hydrogen-bond donors (Lipinski definition) is 2. The summed E-state index contributed by atoms with van der Waals surface area (Å²) < 4.78 is 0. The molecule has 4 nitrogen and oxygen atoms in total. The van der Waals surface area contributed by atoms with Crippen LogP contribution >= 0.6 is 0 Å². The average molecular weight is 229 g/mol. The van der Waals surface area contributed by atoms with Crippen LogP contribution in [0.5, 0.6) is 0 Å². The summed E-state index contributed by atoms with van der Waals surface area (Å²) in [7, 11) is 4.20. The lowest BCUT2D eigenvalue weighted by Gasteiger charge is -2.31. The molecular formula is C12H27N3O. The molecule has 0 aliphatic carbocycles. The first-order chi connectivity index (χ1) is 7.41. The van der Waals surface area contributed by atoms with Crippen LogP contribution in [0.2, 0.25) is 0 Å². The molecule has 1 aliphatic heterocycles. The van der Waals surface area contributed by atoms with Crippen molar-refractivity contribution >= 4 is 0 Å². The van der Waals surface area contributed by atoms with Crippen molar-refractivity contribution in [2.45, 2.75) is 31.9 Å². The van der Waals surface area contributed by atoms with Crippen molar-refractivity contribution in [2.24, 2.45) is 0 Å². The summed E-state index contributed by atoms with van der Waals surface area (Å²) in [5.41, 5.74) is -0.594. The molecule has 0 radical (unpaired) electrons. The molecule has 1 aliphatic rings. The Labute approximate surface area is 99.6 Å². The number of nitrogens with zero attached hydrogens (tertiary/aromatic N) is 2. The van der Waals surface area contributed by atoms with Gasteiger partial charge in [-0.1, -0.05) is 0 Å². The van der Waals surface area contributed by atoms with Gasteiger partial charge < -0.3 is 15.3 Å². The molecule has 1 heterocycles. The number of aliphatic hydroxyl groups is 1. The number of rotatable bonds is 4. The summed E-state index contributed by atoms with van der Waals surface area (Å²) in [6.07, 6.45) is 1.16. The van der Waals surface area contributed by atoms with Crippen molar-refractivity contribution in [3.8, 4) is 0 Å². The van der Waals surface area contributed by atoms with Gasteiger partial charge in [0.05, 0.1) is 5.60 Å². The molecule has 0 aromatic rings. The quantitative estimate of drug-likeness (QED) is 0.711. The molecule has 0 bridgehead atoms. The van der Waals surface area contributed by atoms with Crippen LogP contribution in [-0.4, -0.2) is 73.4 Å². The van der Waals surface area contributed by atoms with Crippen molar-refractivity contribution < 1.29 is 5.11 Å². The third-order valence-electron chi connectivity index (χ3n) is 3.16. The van der Waals surface area contributed by atoms with E-state index in [0.29, 0.717) is 12.6 Å². The molecule has 2 atom stereocenters. The zero-order chi connectivity index (χ0) is 12.2. The predicted octanol–water partition coefficient (Wildman–Crippen LogP) is -0.0172. The molecule has 0 aromatic heterocycles. The Balaban J connectivity index is 2.41. The molecule has 96 valence electrons. The lowest BCUT2D eigenvalue weighted by Crippen LogP contribution is -2.45. The van der Waals surface area contributed by atoms with E-state index in [0.717, 1.165) is 32.6 Å². The van der Waals surface area contributed by atoms with E-state index < -0.39 is 5.60 Å². The molecule has 0 amide bonds. The van der Waals surface area contributed by atoms with Crippen LogP contribution in [0.15, 0.2) is 0 Å². The fourth-order valence-electron chi connectivity index (χ4n) is 2.22. The highest BCUT2D eigenvalue weighted by Gasteiger charge is 2.29. The van der Waals surface area contributed by atoms with Crippen LogP contribution in [0.1, 0.15) is 20.3 Å². The maximum absolute atomic E-state index is 10.1. The molecule has 0 spiro atoms. The van der Waals surface area contributed by atoms with Gasteiger partial charge in [-0.2, -0.15) is 0 Å². The topological polar surface area (TPSA) is 38.7 Å². The van der Waals surface area contributed by atoms with Gasteiger partial charge in [-0.05, 0) is 47.5 Å². The first-order valence-corrected chi connectivity index (χ1v) is 6.22. The van der Waals surface area contributed by atoms with Gasteiger partial charge in [-0.15, -0.1) is 0 Å². The maximum Gasteiger partial charge on any atom is 0.0869 e. The van der Waals surface area contributed by atoms with Gasteiger partial charge in [0.1, 0.15) is 0 Å². The molecule has 1 fully saturated rings. The molecule has 2 N–H and O–H groups in total. The summed E-state index contributed by atoms with van der Waals surface area (Å²) in [6, 6.07) is 0.510. The normalized spacial score (nSPS) is 33.0. The Hall–Kier alpha value is -0.160. The van der Waals surface area contributed by atoms with Crippen molar-refractivity contribution in [3.63, 3.8) is 0 Å². The lowest BCUT2D eigenvalue weighted by atomic mass is 10.1. The minimum absolute atomic E-state index is 0.510. The second-order valence-corrected chi connectivity index (χ2v) is 5.60. The highest BCUT2D eigenvalue weighted by molar-refractivity contribution is 4.87. The SMILES string of the molecule is CC1CNCC(C)(O)CN1CCCN(C)C. The first kappa shape index (κ1) is 13.9. The molecule has 1 rings (SSSR count). The Kier molecular flexibility index (Phi) is 5.18. The van der Waals surface area contributed by atoms with E-state index in [-0.39, 0.29) is 0 Å². The van der Waals surface area contributed by atoms with Crippen LogP contribution in [-0.2, 0) is 0 Å². The van der Waals surface area contributed by atoms with Crippen molar-refractivity contribution in [3.05, 3.63) is 0 Å². The Bertz CT molecular complexity index is 206. The van der Waals surface area contributed by atoms with Gasteiger partial charge in [-0.3, -0.25) is 4.90 Å². The van der Waals surface area contributed by atoms with E-state index in [9.17, 15) is 5.11 Å². The number of β-amino-alcohol motifs (C(OH)–C–C–N with tert-alkyl or cyclic N) is 1. The van der Waals surface area contributed by atoms with E-state index >= 15 is 0 Å². The fourth-order valence-corrected chi connectivity index (χ4v) is 2.22. The van der Waals surface area contributed by atoms with E-state index in [1.807, 2.05) is 6.92 Å². The summed E-state index contributed by atoms with van der Waals surface area (Å²) in [5, 5.41) is 13.5. The monoisotopic (exact) mass is 229 g/mol. The maximum atomic E-state index is 10.1. The summed E-state index contributed by atoms with van der Waals surface area (Å²) in [6.45, 7) is 8.76. The zero-order valence-corrected chi connectivity index (χ0v) is 11.2. The van der Waals surface area contributed by atoms with Crippen LogP contribution in [0.4, 0.5) is 0 Å². The van der Waals surface area contributed by atoms with E-state index in [2.05, 4.69) is 36.1 Å². The summed E-state index contributed by atoms with van der Waals surface area (Å²) >= 11 is 0. The van der Waals surface area contributed by atoms with Gasteiger partial charge in [0.15, 0.2) is 0 Å². The van der Waals surface area contributed by atoms with Gasteiger partial charge in [-0.25, -0.2) is 0 Å². The Morgan fingerprint density at radius 1 is 1.50 bits per heavy atom. The first-order valence-electron chi connectivity index (χ1n) is 6.22. The van der Waals surface area contributed by atoms with Gasteiger partial charge in [0.25, 0.3) is 0 Å². The molecule has 0 aromatic carbocycles. The highest BCUT2D eigenvalue weighted by Crippen LogP contribution is 2.12. The molecular weight excluding hydrogens is 202 g/mol. The number of nitrogens with one attached hydrogen (secondary N) is 1. The van der Waals surface area contributed by atoms with E-state index in [1.54, 1.807) is 0 Å². The van der Waals surface area contributed by atoms with Crippen LogP contribution in [0.3, 0.4) is 0 Å². The fraction of sp³-hybridized carbons (Fsp3) is 1.00. The third-order valence-corrected chi connectivity index (χ3v) is 3.16. The van der Waals surface area contributed by atoms with Crippen molar-refractivity contribution in [2.75, 3.05) is 46.8 Å². The van der Waals surface area contributed by atoms with Crippen LogP contribution < -0.4 is 5.32 Å². The smallest absolute Gasteiger partial charge is 0.0869 e. The third kappa shape index (κ3) is 4.78. The van der Waals surface area contributed by atoms with Gasteiger partial charge in [0.2, 0.25) is 0 Å². The molecule has 4 heteroatoms. The Morgan fingerprint density at radius 2 is 2.19 bits per heavy atom. The van der Waals surface area contributed by atoms with E-state index in [1.165, 1.54) is 0 Å². The largest absolute Gasteiger partial charge is 0.388 e. The van der Waals surface area contributed by atoms with Crippen LogP contribution in [0, 0.1) is 0 Å². The second kappa shape index (κ2) is 5.96. The molecule has 2 unspecified atom stereocenters. The minimum atomic E-state index is -0.594. The van der Waals surface area contributed by atoms with Gasteiger partial charge >= 0.3 is 0 Å². The van der Waals surface area contributed by atoms with E-state index in [4.69, 9.17) is 0 Å². The zero-order valence-electron chi connectivity index (χ0n) is 11.2. The Morgan fingerprint density at radius 3 is 2.81 bits per heavy atom. The molecule has 16 heavy (non-hydrogen) atoms. The minimum Gasteiger partial charge on any atom is -0.388 e. The summed E-state index contributed by atoms with van der Waals surface area (Å²) in [5.74, 6) is 0. The summed E-state index contributed by atoms with van der Waals surface area (Å²) in [4.78, 5) is 4.60. The standard InChI is InChI=1S/C12H27N3O/c1-11-8-13-9-12(2,16)10-15(11)7-5-6-14(3)4/h11,13,16H,5-10H2,1-4H3. The highest BCUT2D eigenvalue weighted by atomic mass is 16.3. The van der Waals surface area contributed by atoms with Crippen molar-refractivity contribution in [1.82, 2.24) is 15.1 Å². The lowest BCUT2D eigenvalue weighted by molar-refractivity contribution is 0.0257. The molecule has 1 saturated heterocycles. The second-order valence-electron chi connectivity index (χ2n) is 5.60. The molecule has 0 saturated carbocycles. The van der Waals surface area contributed by atoms with Crippen molar-refractivity contribution in [1.29, 1.82) is 0 Å². The number of hydrogen-bond acceptors (Lipinski definition) is 4. The average Bonchev–Trinajstić information content (AvgIpc) is 2.25. The predicted molar refractivity (Wildman–Crippen MR) is 67.7 cm³/mol. The van der Waals surface area contributed by atoms with Crippen LogP contribution in [0.25, 0.3) is 0 Å².